The summed E-state index contributed by atoms with van der Waals surface area (Å²) in [7, 11) is 1.56. The highest BCUT2D eigenvalue weighted by molar-refractivity contribution is 6.09. The summed E-state index contributed by atoms with van der Waals surface area (Å²) in [4.78, 5) is 12.4. The fourth-order valence-corrected chi connectivity index (χ4v) is 2.31. The van der Waals surface area contributed by atoms with E-state index >= 15 is 0 Å². The highest BCUT2D eigenvalue weighted by Crippen LogP contribution is 2.29. The second-order valence-corrected chi connectivity index (χ2v) is 5.48. The summed E-state index contributed by atoms with van der Waals surface area (Å²) in [6, 6.07) is 13.8. The summed E-state index contributed by atoms with van der Waals surface area (Å²) in [5, 5.41) is 12.1. The number of nitrogens with zero attached hydrogens (tertiary/aromatic N) is 1. The molecule has 1 N–H and O–H groups in total. The summed E-state index contributed by atoms with van der Waals surface area (Å²) < 4.78 is 16.1. The van der Waals surface area contributed by atoms with Crippen molar-refractivity contribution in [3.8, 4) is 35.7 Å². The second kappa shape index (κ2) is 10.3. The van der Waals surface area contributed by atoms with Gasteiger partial charge in [0.1, 0.15) is 24.0 Å². The van der Waals surface area contributed by atoms with Crippen LogP contribution < -0.4 is 19.5 Å². The zero-order valence-corrected chi connectivity index (χ0v) is 15.7. The van der Waals surface area contributed by atoms with Gasteiger partial charge in [-0.25, -0.2) is 0 Å². The molecule has 142 valence electrons. The van der Waals surface area contributed by atoms with Gasteiger partial charge < -0.3 is 19.5 Å². The fourth-order valence-electron chi connectivity index (χ4n) is 2.31. The second-order valence-electron chi connectivity index (χ2n) is 5.48. The Kier molecular flexibility index (Phi) is 7.51. The molecule has 0 aromatic heterocycles. The van der Waals surface area contributed by atoms with Gasteiger partial charge in [0.25, 0.3) is 5.91 Å². The van der Waals surface area contributed by atoms with E-state index in [0.29, 0.717) is 35.1 Å². The molecule has 0 aliphatic heterocycles. The topological polar surface area (TPSA) is 80.6 Å². The number of ether oxygens (including phenoxy) is 3. The van der Waals surface area contributed by atoms with Crippen LogP contribution >= 0.6 is 0 Å². The first-order valence-electron chi connectivity index (χ1n) is 8.51. The van der Waals surface area contributed by atoms with Gasteiger partial charge in [0.05, 0.1) is 13.7 Å². The molecule has 0 spiro atoms. The number of hydrogen-bond donors (Lipinski definition) is 1. The van der Waals surface area contributed by atoms with Crippen molar-refractivity contribution in [3.63, 3.8) is 0 Å². The van der Waals surface area contributed by atoms with Gasteiger partial charge in [-0.3, -0.25) is 4.79 Å². The molecule has 0 saturated heterocycles. The molecule has 0 unspecified atom stereocenters. The predicted molar refractivity (Wildman–Crippen MR) is 107 cm³/mol. The number of carbonyl (C=O) groups excluding carboxylic acids is 1. The Morgan fingerprint density at radius 1 is 1.18 bits per heavy atom. The van der Waals surface area contributed by atoms with Gasteiger partial charge in [0, 0.05) is 5.69 Å². The quantitative estimate of drug-likeness (QED) is 0.432. The largest absolute Gasteiger partial charge is 0.497 e. The fraction of sp³-hybridized carbons (Fsp3) is 0.182. The first-order chi connectivity index (χ1) is 13.6. The van der Waals surface area contributed by atoms with Crippen molar-refractivity contribution in [3.05, 3.63) is 53.6 Å². The molecule has 0 bridgehead atoms. The first kappa shape index (κ1) is 20.4. The van der Waals surface area contributed by atoms with Crippen LogP contribution in [-0.4, -0.2) is 26.2 Å². The number of nitrogens with one attached hydrogen (secondary N) is 1. The normalized spacial score (nSPS) is 10.4. The first-order valence-corrected chi connectivity index (χ1v) is 8.51. The number of nitriles is 1. The SMILES string of the molecule is C#CCOc1ccc(/C=C(\C#N)C(=O)Nc2ccc(OC)cc2)cc1OCC. The van der Waals surface area contributed by atoms with E-state index in [9.17, 15) is 10.1 Å². The molecule has 6 heteroatoms. The molecule has 2 rings (SSSR count). The number of amides is 1. The number of hydrogen-bond acceptors (Lipinski definition) is 5. The van der Waals surface area contributed by atoms with E-state index in [0.717, 1.165) is 0 Å². The average molecular weight is 376 g/mol. The number of benzene rings is 2. The number of methoxy groups -OCH3 is 1. The Labute approximate surface area is 164 Å². The molecule has 0 aliphatic rings. The minimum Gasteiger partial charge on any atom is -0.497 e. The molecule has 0 radical (unpaired) electrons. The van der Waals surface area contributed by atoms with Crippen molar-refractivity contribution in [1.82, 2.24) is 0 Å². The summed E-state index contributed by atoms with van der Waals surface area (Å²) >= 11 is 0. The van der Waals surface area contributed by atoms with E-state index < -0.39 is 5.91 Å². The summed E-state index contributed by atoms with van der Waals surface area (Å²) in [5.74, 6) is 3.53. The maximum atomic E-state index is 12.4. The highest BCUT2D eigenvalue weighted by atomic mass is 16.5. The molecule has 1 amide bonds. The van der Waals surface area contributed by atoms with Gasteiger partial charge in [-0.1, -0.05) is 12.0 Å². The molecule has 6 nitrogen and oxygen atoms in total. The van der Waals surface area contributed by atoms with E-state index in [1.54, 1.807) is 49.6 Å². The zero-order chi connectivity index (χ0) is 20.4. The van der Waals surface area contributed by atoms with E-state index in [1.165, 1.54) is 6.08 Å². The standard InChI is InChI=1S/C22H20N2O4/c1-4-12-28-20-11-6-16(14-21(20)27-5-2)13-17(15-23)22(25)24-18-7-9-19(26-3)10-8-18/h1,6-11,13-14H,5,12H2,2-3H3,(H,24,25)/b17-13+. The van der Waals surface area contributed by atoms with Crippen LogP contribution in [0.5, 0.6) is 17.2 Å². The third-order valence-corrected chi connectivity index (χ3v) is 3.60. The van der Waals surface area contributed by atoms with Crippen molar-refractivity contribution in [2.45, 2.75) is 6.92 Å². The highest BCUT2D eigenvalue weighted by Gasteiger charge is 2.11. The van der Waals surface area contributed by atoms with Gasteiger partial charge in [0.2, 0.25) is 0 Å². The van der Waals surface area contributed by atoms with E-state index in [-0.39, 0.29) is 12.2 Å². The third kappa shape index (κ3) is 5.55. The van der Waals surface area contributed by atoms with Crippen LogP contribution in [0.1, 0.15) is 12.5 Å². The molecule has 2 aromatic carbocycles. The van der Waals surface area contributed by atoms with Crippen LogP contribution in [0.3, 0.4) is 0 Å². The van der Waals surface area contributed by atoms with Crippen LogP contribution in [0.2, 0.25) is 0 Å². The molecule has 28 heavy (non-hydrogen) atoms. The number of terminal acetylenes is 1. The van der Waals surface area contributed by atoms with Gasteiger partial charge in [-0.15, -0.1) is 6.42 Å². The maximum Gasteiger partial charge on any atom is 0.266 e. The molecular formula is C22H20N2O4. The van der Waals surface area contributed by atoms with Crippen LogP contribution in [0, 0.1) is 23.7 Å². The molecular weight excluding hydrogens is 356 g/mol. The van der Waals surface area contributed by atoms with Crippen molar-refractivity contribution in [2.24, 2.45) is 0 Å². The summed E-state index contributed by atoms with van der Waals surface area (Å²) in [6.07, 6.45) is 6.69. The van der Waals surface area contributed by atoms with Crippen molar-refractivity contribution in [1.29, 1.82) is 5.26 Å². The number of rotatable bonds is 8. The molecule has 0 fully saturated rings. The minimum absolute atomic E-state index is 0.0458. The Bertz CT molecular complexity index is 934. The lowest BCUT2D eigenvalue weighted by atomic mass is 10.1. The predicted octanol–water partition coefficient (Wildman–Crippen LogP) is 3.65. The zero-order valence-electron chi connectivity index (χ0n) is 15.7. The number of anilines is 1. The van der Waals surface area contributed by atoms with Crippen molar-refractivity contribution >= 4 is 17.7 Å². The van der Waals surface area contributed by atoms with Crippen LogP contribution in [0.25, 0.3) is 6.08 Å². The molecule has 0 atom stereocenters. The van der Waals surface area contributed by atoms with Crippen LogP contribution in [-0.2, 0) is 4.79 Å². The van der Waals surface area contributed by atoms with Crippen LogP contribution in [0.15, 0.2) is 48.0 Å². The van der Waals surface area contributed by atoms with Gasteiger partial charge in [-0.05, 0) is 55.0 Å². The van der Waals surface area contributed by atoms with E-state index in [1.807, 2.05) is 13.0 Å². The summed E-state index contributed by atoms with van der Waals surface area (Å²) in [5.41, 5.74) is 1.13. The molecule has 0 saturated carbocycles. The Balaban J connectivity index is 2.22. The van der Waals surface area contributed by atoms with Gasteiger partial charge >= 0.3 is 0 Å². The minimum atomic E-state index is -0.515. The van der Waals surface area contributed by atoms with Crippen molar-refractivity contribution in [2.75, 3.05) is 25.6 Å². The van der Waals surface area contributed by atoms with E-state index in [2.05, 4.69) is 11.2 Å². The molecule has 2 aromatic rings. The lowest BCUT2D eigenvalue weighted by molar-refractivity contribution is -0.112. The average Bonchev–Trinajstić information content (AvgIpc) is 2.72. The van der Waals surface area contributed by atoms with Crippen molar-refractivity contribution < 1.29 is 19.0 Å². The molecule has 0 aliphatic carbocycles. The Morgan fingerprint density at radius 3 is 2.54 bits per heavy atom. The smallest absolute Gasteiger partial charge is 0.266 e. The van der Waals surface area contributed by atoms with Crippen LogP contribution in [0.4, 0.5) is 5.69 Å². The van der Waals surface area contributed by atoms with E-state index in [4.69, 9.17) is 20.6 Å². The lowest BCUT2D eigenvalue weighted by Crippen LogP contribution is -2.13. The summed E-state index contributed by atoms with van der Waals surface area (Å²) in [6.45, 7) is 2.39. The number of carbonyl (C=O) groups is 1. The molecule has 0 heterocycles. The Morgan fingerprint density at radius 2 is 1.93 bits per heavy atom. The lowest BCUT2D eigenvalue weighted by Gasteiger charge is -2.11. The monoisotopic (exact) mass is 376 g/mol. The van der Waals surface area contributed by atoms with Gasteiger partial charge in [-0.2, -0.15) is 5.26 Å². The van der Waals surface area contributed by atoms with Gasteiger partial charge in [0.15, 0.2) is 11.5 Å². The third-order valence-electron chi connectivity index (χ3n) is 3.60. The Hall–Kier alpha value is -3.90. The maximum absolute atomic E-state index is 12.4.